The maximum Gasteiger partial charge on any atom is 0.290 e. The maximum atomic E-state index is 15.4. The van der Waals surface area contributed by atoms with E-state index in [4.69, 9.17) is 0 Å². The lowest BCUT2D eigenvalue weighted by Gasteiger charge is -2.53. The molecular formula is C26H34FNO3. The van der Waals surface area contributed by atoms with Gasteiger partial charge in [0.25, 0.3) is 5.91 Å². The van der Waals surface area contributed by atoms with E-state index in [1.54, 1.807) is 11.0 Å². The summed E-state index contributed by atoms with van der Waals surface area (Å²) in [5.74, 6) is -0.876. The van der Waals surface area contributed by atoms with Gasteiger partial charge in [-0.25, -0.2) is 4.39 Å². The van der Waals surface area contributed by atoms with Crippen LogP contribution >= 0.6 is 0 Å². The molecule has 4 aliphatic carbocycles. The third-order valence-corrected chi connectivity index (χ3v) is 8.82. The second-order valence-corrected chi connectivity index (χ2v) is 10.4. The molecule has 31 heavy (non-hydrogen) atoms. The second kappa shape index (κ2) is 7.53. The molecule has 4 aliphatic rings. The monoisotopic (exact) mass is 427 g/mol. The topological polar surface area (TPSA) is 54.5 Å². The molecule has 4 nitrogen and oxygen atoms in total. The SMILES string of the molecule is CCN(CC)C(=O)C(=O)[C@H]1[C@H](C)C[C@H]2[C@@H]3C[C@H](F)C4=CC(=O)C=C[C@]4(C)C3=CC[C@@]21C. The number of alkyl halides is 1. The number of likely N-dealkylation sites (N-methyl/N-ethyl adjacent to an activating group) is 1. The fourth-order valence-corrected chi connectivity index (χ4v) is 7.26. The Kier molecular flexibility index (Phi) is 5.38. The number of hydrogen-bond acceptors (Lipinski definition) is 3. The Bertz CT molecular complexity index is 914. The number of carbonyl (C=O) groups is 3. The zero-order chi connectivity index (χ0) is 22.7. The first-order chi connectivity index (χ1) is 14.6. The van der Waals surface area contributed by atoms with Crippen LogP contribution < -0.4 is 0 Å². The summed E-state index contributed by atoms with van der Waals surface area (Å²) >= 11 is 0. The highest BCUT2D eigenvalue weighted by molar-refractivity contribution is 6.37. The summed E-state index contributed by atoms with van der Waals surface area (Å²) < 4.78 is 15.4. The molecule has 168 valence electrons. The van der Waals surface area contributed by atoms with Crippen molar-refractivity contribution in [3.05, 3.63) is 35.5 Å². The molecule has 1 amide bonds. The van der Waals surface area contributed by atoms with Crippen LogP contribution in [0.1, 0.15) is 53.9 Å². The Morgan fingerprint density at radius 1 is 1.16 bits per heavy atom. The van der Waals surface area contributed by atoms with Crippen molar-refractivity contribution in [1.29, 1.82) is 0 Å². The average Bonchev–Trinajstić information content (AvgIpc) is 3.00. The molecular weight excluding hydrogens is 393 g/mol. The average molecular weight is 428 g/mol. The predicted octanol–water partition coefficient (Wildman–Crippen LogP) is 4.46. The molecule has 0 aromatic heterocycles. The van der Waals surface area contributed by atoms with Crippen LogP contribution in [0, 0.1) is 34.5 Å². The summed E-state index contributed by atoms with van der Waals surface area (Å²) in [6, 6.07) is 0. The van der Waals surface area contributed by atoms with Crippen LogP contribution in [0.2, 0.25) is 0 Å². The van der Waals surface area contributed by atoms with E-state index in [0.717, 1.165) is 6.42 Å². The van der Waals surface area contributed by atoms with E-state index in [2.05, 4.69) is 19.9 Å². The normalized spacial score (nSPS) is 41.0. The Balaban J connectivity index is 1.71. The molecule has 0 spiro atoms. The fourth-order valence-electron chi connectivity index (χ4n) is 7.26. The van der Waals surface area contributed by atoms with Crippen molar-refractivity contribution >= 4 is 17.5 Å². The minimum atomic E-state index is -1.16. The number of carbonyl (C=O) groups excluding carboxylic acids is 3. The van der Waals surface area contributed by atoms with Crippen LogP contribution in [0.15, 0.2) is 35.5 Å². The molecule has 2 saturated carbocycles. The van der Waals surface area contributed by atoms with Gasteiger partial charge in [-0.05, 0) is 80.9 Å². The highest BCUT2D eigenvalue weighted by atomic mass is 19.1. The zero-order valence-corrected chi connectivity index (χ0v) is 19.3. The van der Waals surface area contributed by atoms with Gasteiger partial charge in [-0.2, -0.15) is 0 Å². The molecule has 7 atom stereocenters. The van der Waals surface area contributed by atoms with E-state index in [1.807, 2.05) is 26.8 Å². The summed E-state index contributed by atoms with van der Waals surface area (Å²) in [6.07, 6.45) is 7.81. The van der Waals surface area contributed by atoms with Crippen molar-refractivity contribution < 1.29 is 18.8 Å². The second-order valence-electron chi connectivity index (χ2n) is 10.4. The summed E-state index contributed by atoms with van der Waals surface area (Å²) in [7, 11) is 0. The van der Waals surface area contributed by atoms with Crippen LogP contribution in [0.4, 0.5) is 4.39 Å². The minimum absolute atomic E-state index is 0.0255. The lowest BCUT2D eigenvalue weighted by atomic mass is 9.51. The van der Waals surface area contributed by atoms with Crippen molar-refractivity contribution in [2.24, 2.45) is 34.5 Å². The molecule has 5 heteroatoms. The van der Waals surface area contributed by atoms with E-state index in [-0.39, 0.29) is 46.6 Å². The van der Waals surface area contributed by atoms with E-state index in [9.17, 15) is 14.4 Å². The van der Waals surface area contributed by atoms with E-state index in [1.165, 1.54) is 11.6 Å². The van der Waals surface area contributed by atoms with Crippen molar-refractivity contribution in [2.75, 3.05) is 13.1 Å². The van der Waals surface area contributed by atoms with Crippen molar-refractivity contribution in [2.45, 2.75) is 60.1 Å². The van der Waals surface area contributed by atoms with Crippen molar-refractivity contribution in [1.82, 2.24) is 4.90 Å². The minimum Gasteiger partial charge on any atom is -0.337 e. The quantitative estimate of drug-likeness (QED) is 0.492. The molecule has 4 rings (SSSR count). The van der Waals surface area contributed by atoms with Crippen LogP contribution in [-0.2, 0) is 14.4 Å². The van der Waals surface area contributed by atoms with Crippen molar-refractivity contribution in [3.63, 3.8) is 0 Å². The Labute approximate surface area is 184 Å². The molecule has 0 aliphatic heterocycles. The molecule has 0 bridgehead atoms. The molecule has 0 heterocycles. The van der Waals surface area contributed by atoms with Gasteiger partial charge in [0.05, 0.1) is 0 Å². The maximum absolute atomic E-state index is 15.4. The van der Waals surface area contributed by atoms with E-state index >= 15 is 4.39 Å². The number of hydrogen-bond donors (Lipinski definition) is 0. The number of allylic oxidation sites excluding steroid dienone is 6. The molecule has 0 N–H and O–H groups in total. The summed E-state index contributed by atoms with van der Waals surface area (Å²) in [5, 5.41) is 0. The lowest BCUT2D eigenvalue weighted by molar-refractivity contribution is -0.149. The van der Waals surface area contributed by atoms with Gasteiger partial charge in [0.1, 0.15) is 6.17 Å². The number of rotatable bonds is 4. The summed E-state index contributed by atoms with van der Waals surface area (Å²) in [5.41, 5.74) is 0.842. The van der Waals surface area contributed by atoms with Gasteiger partial charge in [0, 0.05) is 24.4 Å². The van der Waals surface area contributed by atoms with Crippen LogP contribution in [0.25, 0.3) is 0 Å². The van der Waals surface area contributed by atoms with Gasteiger partial charge in [0.2, 0.25) is 5.78 Å². The number of halogens is 1. The Hall–Kier alpha value is -2.04. The number of Topliss-reactive ketones (excluding diaryl/α,β-unsaturated/α-hetero) is 1. The smallest absolute Gasteiger partial charge is 0.290 e. The predicted molar refractivity (Wildman–Crippen MR) is 118 cm³/mol. The van der Waals surface area contributed by atoms with Gasteiger partial charge < -0.3 is 4.90 Å². The van der Waals surface area contributed by atoms with Crippen LogP contribution in [0.5, 0.6) is 0 Å². The standard InChI is InChI=1S/C26H34FNO3/c1-6-28(7-2)24(31)23(30)22-15(3)12-19-17-14-21(27)20-13-16(29)8-10-25(20,4)18(17)9-11-26(19,22)5/h8-10,13,15,17,19,21-22H,6-7,11-12,14H2,1-5H3/t15-,17-,19+,21+,22-,25-,26+/m1/s1. The Morgan fingerprint density at radius 2 is 1.84 bits per heavy atom. The third kappa shape index (κ3) is 3.10. The molecule has 0 saturated heterocycles. The lowest BCUT2D eigenvalue weighted by Crippen LogP contribution is -2.49. The largest absolute Gasteiger partial charge is 0.337 e. The summed E-state index contributed by atoms with van der Waals surface area (Å²) in [4.78, 5) is 39.8. The van der Waals surface area contributed by atoms with E-state index < -0.39 is 11.6 Å². The van der Waals surface area contributed by atoms with Gasteiger partial charge in [-0.3, -0.25) is 14.4 Å². The molecule has 0 aromatic rings. The first kappa shape index (κ1) is 22.2. The zero-order valence-electron chi connectivity index (χ0n) is 19.3. The Morgan fingerprint density at radius 3 is 2.48 bits per heavy atom. The highest BCUT2D eigenvalue weighted by Gasteiger charge is 2.61. The van der Waals surface area contributed by atoms with E-state index in [0.29, 0.717) is 31.5 Å². The fraction of sp³-hybridized carbons (Fsp3) is 0.654. The first-order valence-electron chi connectivity index (χ1n) is 11.7. The van der Waals surface area contributed by atoms with Gasteiger partial charge >= 0.3 is 0 Å². The number of ketones is 2. The first-order valence-corrected chi connectivity index (χ1v) is 11.7. The van der Waals surface area contributed by atoms with Crippen LogP contribution in [-0.4, -0.2) is 41.6 Å². The van der Waals surface area contributed by atoms with Crippen LogP contribution in [0.3, 0.4) is 0 Å². The van der Waals surface area contributed by atoms with Gasteiger partial charge in [-0.1, -0.05) is 31.6 Å². The third-order valence-electron chi connectivity index (χ3n) is 8.82. The highest BCUT2D eigenvalue weighted by Crippen LogP contribution is 2.65. The van der Waals surface area contributed by atoms with Crippen molar-refractivity contribution in [3.8, 4) is 0 Å². The molecule has 2 fully saturated rings. The number of amides is 1. The molecule has 0 aromatic carbocycles. The van der Waals surface area contributed by atoms with Gasteiger partial charge in [-0.15, -0.1) is 0 Å². The number of fused-ring (bicyclic) bond motifs is 5. The van der Waals surface area contributed by atoms with Gasteiger partial charge in [0.15, 0.2) is 5.78 Å². The molecule has 0 radical (unpaired) electrons. The summed E-state index contributed by atoms with van der Waals surface area (Å²) in [6.45, 7) is 11.1. The molecule has 0 unspecified atom stereocenters. The number of nitrogens with zero attached hydrogens (tertiary/aromatic N) is 1.